The third kappa shape index (κ3) is 14.9. The number of aromatic nitrogens is 2. The van der Waals surface area contributed by atoms with Crippen molar-refractivity contribution in [3.63, 3.8) is 0 Å². The minimum atomic E-state index is -5.12. The largest absolute Gasteiger partial charge is 0.416 e. The van der Waals surface area contributed by atoms with E-state index in [4.69, 9.17) is 9.97 Å². The van der Waals surface area contributed by atoms with Gasteiger partial charge in [-0.15, -0.1) is 0 Å². The molecule has 0 spiro atoms. The maximum atomic E-state index is 13.5. The summed E-state index contributed by atoms with van der Waals surface area (Å²) in [4.78, 5) is 35.7. The zero-order chi connectivity index (χ0) is 49.3. The van der Waals surface area contributed by atoms with Crippen LogP contribution in [0.25, 0.3) is 11.4 Å². The molecule has 0 bridgehead atoms. The summed E-state index contributed by atoms with van der Waals surface area (Å²) < 4.78 is 162. The van der Waals surface area contributed by atoms with Crippen LogP contribution in [0.2, 0.25) is 0 Å². The Morgan fingerprint density at radius 3 is 1.06 bits per heavy atom. The predicted octanol–water partition coefficient (Wildman–Crippen LogP) is 12.9. The highest BCUT2D eigenvalue weighted by molar-refractivity contribution is 5.90. The first-order chi connectivity index (χ1) is 32.0. The Kier molecular flexibility index (Phi) is 15.7. The molecule has 0 saturated heterocycles. The van der Waals surface area contributed by atoms with E-state index < -0.39 is 82.5 Å². The Morgan fingerprint density at radius 2 is 0.750 bits per heavy atom. The summed E-state index contributed by atoms with van der Waals surface area (Å²) in [5, 5.41) is 9.56. The molecule has 6 aromatic rings. The van der Waals surface area contributed by atoms with E-state index >= 15 is 0 Å². The summed E-state index contributed by atoms with van der Waals surface area (Å²) in [6.07, 6.45) is -19.0. The number of hydrogen-bond donors (Lipinski definition) is 4. The van der Waals surface area contributed by atoms with Crippen molar-refractivity contribution in [3.8, 4) is 11.4 Å². The molecule has 0 radical (unpaired) electrons. The maximum absolute atomic E-state index is 13.5. The first kappa shape index (κ1) is 50.3. The summed E-state index contributed by atoms with van der Waals surface area (Å²) >= 11 is 0. The lowest BCUT2D eigenvalue weighted by molar-refractivity contribution is -0.144. The average Bonchev–Trinajstić information content (AvgIpc) is 3.27. The number of pyridine rings is 2. The molecule has 4 N–H and O–H groups in total. The van der Waals surface area contributed by atoms with Crippen LogP contribution >= 0.6 is 0 Å². The van der Waals surface area contributed by atoms with E-state index in [1.807, 2.05) is 0 Å². The fourth-order valence-electron chi connectivity index (χ4n) is 7.17. The summed E-state index contributed by atoms with van der Waals surface area (Å²) in [6, 6.07) is 26.2. The molecule has 0 fully saturated rings. The molecule has 2 heterocycles. The molecule has 0 aliphatic carbocycles. The average molecular weight is 961 g/mol. The van der Waals surface area contributed by atoms with E-state index in [1.54, 1.807) is 97.1 Å². The van der Waals surface area contributed by atoms with Gasteiger partial charge in [0.2, 0.25) is 0 Å². The molecule has 20 heteroatoms. The minimum absolute atomic E-state index is 0.0416. The molecule has 0 unspecified atom stereocenters. The van der Waals surface area contributed by atoms with Crippen molar-refractivity contribution in [3.05, 3.63) is 178 Å². The number of amides is 4. The number of alkyl halides is 12. The maximum Gasteiger partial charge on any atom is 0.416 e. The van der Waals surface area contributed by atoms with Gasteiger partial charge in [-0.3, -0.25) is 9.97 Å². The molecule has 0 aliphatic heterocycles. The van der Waals surface area contributed by atoms with Crippen LogP contribution in [0, 0.1) is 0 Å². The van der Waals surface area contributed by atoms with Gasteiger partial charge in [-0.05, 0) is 110 Å². The quantitative estimate of drug-likeness (QED) is 0.0769. The third-order valence-corrected chi connectivity index (χ3v) is 10.4. The van der Waals surface area contributed by atoms with Gasteiger partial charge in [0.05, 0.1) is 33.6 Å². The number of benzene rings is 4. The zero-order valence-electron chi connectivity index (χ0n) is 35.3. The van der Waals surface area contributed by atoms with E-state index in [-0.39, 0.29) is 50.7 Å². The number of rotatable bonds is 15. The van der Waals surface area contributed by atoms with Crippen LogP contribution in [0.4, 0.5) is 73.6 Å². The smallest absolute Gasteiger partial charge is 0.335 e. The van der Waals surface area contributed by atoms with Crippen LogP contribution in [-0.2, 0) is 50.4 Å². The van der Waals surface area contributed by atoms with Gasteiger partial charge in [0.15, 0.2) is 0 Å². The van der Waals surface area contributed by atoms with E-state index in [9.17, 15) is 62.3 Å². The molecule has 0 aliphatic rings. The van der Waals surface area contributed by atoms with Crippen LogP contribution in [0.5, 0.6) is 0 Å². The third-order valence-electron chi connectivity index (χ3n) is 10.4. The van der Waals surface area contributed by atoms with Crippen molar-refractivity contribution in [1.29, 1.82) is 0 Å². The van der Waals surface area contributed by atoms with Crippen molar-refractivity contribution < 1.29 is 62.3 Å². The Morgan fingerprint density at radius 1 is 0.426 bits per heavy atom. The van der Waals surface area contributed by atoms with Gasteiger partial charge < -0.3 is 21.3 Å². The second-order valence-electron chi connectivity index (χ2n) is 15.7. The van der Waals surface area contributed by atoms with Gasteiger partial charge >= 0.3 is 36.8 Å². The lowest BCUT2D eigenvalue weighted by Crippen LogP contribution is -2.39. The Bertz CT molecular complexity index is 2410. The monoisotopic (exact) mass is 960 g/mol. The van der Waals surface area contributed by atoms with Crippen molar-refractivity contribution in [1.82, 2.24) is 20.6 Å². The molecule has 358 valence electrons. The molecule has 2 aromatic heterocycles. The number of carbonyl (C=O) groups excluding carboxylic acids is 2. The highest BCUT2D eigenvalue weighted by atomic mass is 19.4. The molecule has 2 atom stereocenters. The molecule has 4 aromatic carbocycles. The Hall–Kier alpha value is -7.12. The number of nitrogens with zero attached hydrogens (tertiary/aromatic N) is 2. The second kappa shape index (κ2) is 21.2. The minimum Gasteiger partial charge on any atom is -0.335 e. The van der Waals surface area contributed by atoms with Gasteiger partial charge in [-0.1, -0.05) is 72.8 Å². The van der Waals surface area contributed by atoms with Crippen LogP contribution in [0.3, 0.4) is 0 Å². The zero-order valence-corrected chi connectivity index (χ0v) is 35.3. The van der Waals surface area contributed by atoms with E-state index in [0.29, 0.717) is 47.0 Å². The SMILES string of the molecule is O=C(Nc1cc(C(F)(F)F)cc(C(F)(F)F)c1)N[C@H](CCc1cccc(-c2cccc(CC[C@H](Cc3ccccc3)NC(=O)Nc3cc(C(F)(F)F)cc(C(F)(F)F)c3)n2)n1)Cc1ccccc1. The van der Waals surface area contributed by atoms with Crippen molar-refractivity contribution in [2.24, 2.45) is 0 Å². The molecular formula is C48H40F12N6O2. The van der Waals surface area contributed by atoms with Gasteiger partial charge in [0, 0.05) is 34.8 Å². The van der Waals surface area contributed by atoms with E-state index in [1.165, 1.54) is 0 Å². The van der Waals surface area contributed by atoms with E-state index in [2.05, 4.69) is 21.3 Å². The second-order valence-corrected chi connectivity index (χ2v) is 15.7. The van der Waals surface area contributed by atoms with Gasteiger partial charge in [-0.2, -0.15) is 52.7 Å². The van der Waals surface area contributed by atoms with Crippen LogP contribution in [0.15, 0.2) is 133 Å². The summed E-state index contributed by atoms with van der Waals surface area (Å²) in [6.45, 7) is 0. The highest BCUT2D eigenvalue weighted by Gasteiger charge is 2.38. The van der Waals surface area contributed by atoms with Gasteiger partial charge in [0.25, 0.3) is 0 Å². The summed E-state index contributed by atoms with van der Waals surface area (Å²) in [5.74, 6) is 0. The first-order valence-corrected chi connectivity index (χ1v) is 20.7. The Labute approximate surface area is 381 Å². The lowest BCUT2D eigenvalue weighted by atomic mass is 10.0. The molecule has 0 saturated carbocycles. The predicted molar refractivity (Wildman–Crippen MR) is 229 cm³/mol. The lowest BCUT2D eigenvalue weighted by Gasteiger charge is -2.21. The first-order valence-electron chi connectivity index (χ1n) is 20.7. The van der Waals surface area contributed by atoms with Crippen molar-refractivity contribution >= 4 is 23.4 Å². The topological polar surface area (TPSA) is 108 Å². The molecular weight excluding hydrogens is 921 g/mol. The number of urea groups is 2. The van der Waals surface area contributed by atoms with Gasteiger partial charge in [0.1, 0.15) is 0 Å². The number of carbonyl (C=O) groups is 2. The fourth-order valence-corrected chi connectivity index (χ4v) is 7.17. The number of anilines is 2. The summed E-state index contributed by atoms with van der Waals surface area (Å²) in [7, 11) is 0. The molecule has 68 heavy (non-hydrogen) atoms. The number of nitrogens with one attached hydrogen (secondary N) is 4. The van der Waals surface area contributed by atoms with Crippen molar-refractivity contribution in [2.45, 2.75) is 75.3 Å². The fraction of sp³-hybridized carbons (Fsp3) is 0.250. The molecule has 6 rings (SSSR count). The van der Waals surface area contributed by atoms with Crippen LogP contribution < -0.4 is 21.3 Å². The number of halogens is 12. The van der Waals surface area contributed by atoms with Crippen LogP contribution in [0.1, 0.15) is 57.6 Å². The van der Waals surface area contributed by atoms with Crippen molar-refractivity contribution in [2.75, 3.05) is 10.6 Å². The standard InChI is InChI=1S/C48H40F12N6O2/c49-45(50,51)31-23-32(46(52,53)54)26-39(25-31)65-43(67)63-37(21-29-9-3-1-4-10-29)19-17-35-13-7-15-41(61-35)42-16-8-14-36(62-42)18-20-38(22-30-11-5-2-6-12-30)64-44(68)66-40-27-33(47(55,56)57)24-34(28-40)48(58,59)60/h1-16,23-28,37-38H,17-22H2,(H2,63,65,67)(H2,64,66,68)/t37-,38-/m1/s1. The summed E-state index contributed by atoms with van der Waals surface area (Å²) in [5.41, 5.74) is -4.16. The number of aryl methyl sites for hydroxylation is 2. The van der Waals surface area contributed by atoms with Crippen LogP contribution in [-0.4, -0.2) is 34.1 Å². The highest BCUT2D eigenvalue weighted by Crippen LogP contribution is 2.39. The number of hydrogen-bond acceptors (Lipinski definition) is 4. The molecule has 8 nitrogen and oxygen atoms in total. The Balaban J connectivity index is 1.14. The van der Waals surface area contributed by atoms with E-state index in [0.717, 1.165) is 11.1 Å². The molecule has 4 amide bonds. The normalized spacial score (nSPS) is 13.1. The van der Waals surface area contributed by atoms with Gasteiger partial charge in [-0.25, -0.2) is 9.59 Å².